The van der Waals surface area contributed by atoms with E-state index in [1.54, 1.807) is 0 Å². The van der Waals surface area contributed by atoms with E-state index in [1.807, 2.05) is 7.05 Å². The molecule has 0 heterocycles. The van der Waals surface area contributed by atoms with Crippen molar-refractivity contribution in [3.8, 4) is 0 Å². The molecule has 21 heavy (non-hydrogen) atoms. The summed E-state index contributed by atoms with van der Waals surface area (Å²) < 4.78 is 0. The molecule has 0 saturated carbocycles. The third kappa shape index (κ3) is 4.30. The Balaban J connectivity index is 1.98. The average molecular weight is 298 g/mol. The molecule has 2 nitrogen and oxygen atoms in total. The van der Waals surface area contributed by atoms with E-state index in [4.69, 9.17) is 12.2 Å². The molecule has 0 unspecified atom stereocenters. The SMILES string of the molecule is Cc1ccc(CN(C)C(=S)Nc2ccc(C)c(C)c2)cc1. The second-order valence-electron chi connectivity index (χ2n) is 5.57. The highest BCUT2D eigenvalue weighted by molar-refractivity contribution is 7.80. The second kappa shape index (κ2) is 6.72. The van der Waals surface area contributed by atoms with Gasteiger partial charge in [-0.15, -0.1) is 0 Å². The second-order valence-corrected chi connectivity index (χ2v) is 5.96. The summed E-state index contributed by atoms with van der Waals surface area (Å²) in [6, 6.07) is 14.8. The predicted octanol–water partition coefficient (Wildman–Crippen LogP) is 4.44. The van der Waals surface area contributed by atoms with Crippen LogP contribution in [-0.4, -0.2) is 17.1 Å². The van der Waals surface area contributed by atoms with Gasteiger partial charge in [0.15, 0.2) is 5.11 Å². The molecule has 0 spiro atoms. The number of benzene rings is 2. The van der Waals surface area contributed by atoms with Crippen molar-refractivity contribution in [3.05, 3.63) is 64.7 Å². The lowest BCUT2D eigenvalue weighted by atomic mass is 10.1. The first-order valence-electron chi connectivity index (χ1n) is 7.10. The summed E-state index contributed by atoms with van der Waals surface area (Å²) in [5.74, 6) is 0. The number of anilines is 1. The van der Waals surface area contributed by atoms with E-state index in [0.717, 1.165) is 17.3 Å². The quantitative estimate of drug-likeness (QED) is 0.843. The lowest BCUT2D eigenvalue weighted by molar-refractivity contribution is 0.508. The highest BCUT2D eigenvalue weighted by Crippen LogP contribution is 2.15. The van der Waals surface area contributed by atoms with E-state index in [0.29, 0.717) is 0 Å². The van der Waals surface area contributed by atoms with Gasteiger partial charge in [0.25, 0.3) is 0 Å². The van der Waals surface area contributed by atoms with Crippen LogP contribution in [0.25, 0.3) is 0 Å². The molecule has 0 atom stereocenters. The van der Waals surface area contributed by atoms with E-state index in [9.17, 15) is 0 Å². The fourth-order valence-electron chi connectivity index (χ4n) is 2.08. The molecule has 3 heteroatoms. The van der Waals surface area contributed by atoms with E-state index >= 15 is 0 Å². The highest BCUT2D eigenvalue weighted by Gasteiger charge is 2.06. The molecule has 0 aliphatic heterocycles. The van der Waals surface area contributed by atoms with Crippen LogP contribution in [0, 0.1) is 20.8 Å². The first kappa shape index (κ1) is 15.5. The fourth-order valence-corrected chi connectivity index (χ4v) is 2.26. The van der Waals surface area contributed by atoms with Gasteiger partial charge in [0.2, 0.25) is 0 Å². The van der Waals surface area contributed by atoms with Crippen LogP contribution in [0.15, 0.2) is 42.5 Å². The molecule has 0 radical (unpaired) electrons. The van der Waals surface area contributed by atoms with Crippen molar-refractivity contribution in [1.29, 1.82) is 0 Å². The summed E-state index contributed by atoms with van der Waals surface area (Å²) in [7, 11) is 2.01. The number of aryl methyl sites for hydroxylation is 3. The van der Waals surface area contributed by atoms with Crippen molar-refractivity contribution in [2.75, 3.05) is 12.4 Å². The van der Waals surface area contributed by atoms with Crippen LogP contribution in [0.2, 0.25) is 0 Å². The van der Waals surface area contributed by atoms with Gasteiger partial charge in [0, 0.05) is 19.3 Å². The van der Waals surface area contributed by atoms with Gasteiger partial charge in [0.1, 0.15) is 0 Å². The number of hydrogen-bond donors (Lipinski definition) is 1. The van der Waals surface area contributed by atoms with Crippen LogP contribution in [-0.2, 0) is 6.54 Å². The Morgan fingerprint density at radius 3 is 2.29 bits per heavy atom. The Labute approximate surface area is 132 Å². The normalized spacial score (nSPS) is 10.3. The van der Waals surface area contributed by atoms with Gasteiger partial charge in [0.05, 0.1) is 0 Å². The molecule has 0 amide bonds. The summed E-state index contributed by atoms with van der Waals surface area (Å²) in [4.78, 5) is 2.05. The maximum absolute atomic E-state index is 5.47. The first-order valence-corrected chi connectivity index (χ1v) is 7.51. The van der Waals surface area contributed by atoms with Gasteiger partial charge in [-0.3, -0.25) is 0 Å². The third-order valence-corrected chi connectivity index (χ3v) is 4.06. The molecule has 0 fully saturated rings. The smallest absolute Gasteiger partial charge is 0.173 e. The van der Waals surface area contributed by atoms with Gasteiger partial charge >= 0.3 is 0 Å². The molecule has 0 aliphatic rings. The zero-order chi connectivity index (χ0) is 15.4. The molecule has 1 N–H and O–H groups in total. The zero-order valence-corrected chi connectivity index (χ0v) is 13.9. The van der Waals surface area contributed by atoms with Crippen LogP contribution >= 0.6 is 12.2 Å². The highest BCUT2D eigenvalue weighted by atomic mass is 32.1. The Morgan fingerprint density at radius 1 is 1.00 bits per heavy atom. The summed E-state index contributed by atoms with van der Waals surface area (Å²) >= 11 is 5.47. The summed E-state index contributed by atoms with van der Waals surface area (Å²) in [6.07, 6.45) is 0. The summed E-state index contributed by atoms with van der Waals surface area (Å²) in [5.41, 5.74) is 6.13. The first-order chi connectivity index (χ1) is 9.95. The minimum absolute atomic E-state index is 0.735. The van der Waals surface area contributed by atoms with Crippen LogP contribution in [0.3, 0.4) is 0 Å². The van der Waals surface area contributed by atoms with E-state index in [1.165, 1.54) is 22.3 Å². The van der Waals surface area contributed by atoms with Gasteiger partial charge in [-0.2, -0.15) is 0 Å². The van der Waals surface area contributed by atoms with Gasteiger partial charge < -0.3 is 10.2 Å². The molecule has 2 aromatic rings. The van der Waals surface area contributed by atoms with Crippen molar-refractivity contribution in [2.24, 2.45) is 0 Å². The van der Waals surface area contributed by atoms with Crippen LogP contribution in [0.4, 0.5) is 5.69 Å². The number of nitrogens with zero attached hydrogens (tertiary/aromatic N) is 1. The Bertz CT molecular complexity index is 632. The van der Waals surface area contributed by atoms with Crippen molar-refractivity contribution >= 4 is 23.0 Å². The Morgan fingerprint density at radius 2 is 1.67 bits per heavy atom. The van der Waals surface area contributed by atoms with Crippen molar-refractivity contribution in [2.45, 2.75) is 27.3 Å². The number of rotatable bonds is 3. The standard InChI is InChI=1S/C18H22N2S/c1-13-5-8-16(9-6-13)12-20(4)18(21)19-17-10-7-14(2)15(3)11-17/h5-11H,12H2,1-4H3,(H,19,21). The van der Waals surface area contributed by atoms with Crippen molar-refractivity contribution in [1.82, 2.24) is 4.90 Å². The molecule has 0 aromatic heterocycles. The average Bonchev–Trinajstić information content (AvgIpc) is 2.45. The molecular formula is C18H22N2S. The predicted molar refractivity (Wildman–Crippen MR) is 94.8 cm³/mol. The fraction of sp³-hybridized carbons (Fsp3) is 0.278. The summed E-state index contributed by atoms with van der Waals surface area (Å²) in [6.45, 7) is 7.12. The lowest BCUT2D eigenvalue weighted by Gasteiger charge is -2.21. The Kier molecular flexibility index (Phi) is 4.97. The van der Waals surface area contributed by atoms with Gasteiger partial charge in [-0.1, -0.05) is 35.9 Å². The van der Waals surface area contributed by atoms with Crippen molar-refractivity contribution in [3.63, 3.8) is 0 Å². The minimum atomic E-state index is 0.735. The van der Waals surface area contributed by atoms with Crippen LogP contribution < -0.4 is 5.32 Å². The molecule has 0 saturated heterocycles. The third-order valence-electron chi connectivity index (χ3n) is 3.65. The summed E-state index contributed by atoms with van der Waals surface area (Å²) in [5, 5.41) is 4.03. The maximum atomic E-state index is 5.47. The molecule has 2 aromatic carbocycles. The molecule has 0 bridgehead atoms. The zero-order valence-electron chi connectivity index (χ0n) is 13.1. The van der Waals surface area contributed by atoms with Gasteiger partial charge in [-0.05, 0) is 61.8 Å². The molecule has 2 rings (SSSR count). The van der Waals surface area contributed by atoms with E-state index in [2.05, 4.69) is 73.5 Å². The molecule has 0 aliphatic carbocycles. The Hall–Kier alpha value is -1.87. The topological polar surface area (TPSA) is 15.3 Å². The van der Waals surface area contributed by atoms with Crippen molar-refractivity contribution < 1.29 is 0 Å². The largest absolute Gasteiger partial charge is 0.348 e. The van der Waals surface area contributed by atoms with Crippen LogP contribution in [0.5, 0.6) is 0 Å². The van der Waals surface area contributed by atoms with E-state index < -0.39 is 0 Å². The van der Waals surface area contributed by atoms with Crippen LogP contribution in [0.1, 0.15) is 22.3 Å². The number of hydrogen-bond acceptors (Lipinski definition) is 1. The lowest BCUT2D eigenvalue weighted by Crippen LogP contribution is -2.30. The molecule has 110 valence electrons. The van der Waals surface area contributed by atoms with E-state index in [-0.39, 0.29) is 0 Å². The number of thiocarbonyl (C=S) groups is 1. The number of nitrogens with one attached hydrogen (secondary N) is 1. The van der Waals surface area contributed by atoms with Gasteiger partial charge in [-0.25, -0.2) is 0 Å². The maximum Gasteiger partial charge on any atom is 0.173 e. The molecular weight excluding hydrogens is 276 g/mol. The minimum Gasteiger partial charge on any atom is -0.348 e. The monoisotopic (exact) mass is 298 g/mol.